The van der Waals surface area contributed by atoms with Gasteiger partial charge in [-0.25, -0.2) is 0 Å². The van der Waals surface area contributed by atoms with Gasteiger partial charge in [-0.1, -0.05) is 36.4 Å². The molecule has 0 spiro atoms. The highest BCUT2D eigenvalue weighted by atomic mass is 32.1. The summed E-state index contributed by atoms with van der Waals surface area (Å²) in [5.41, 5.74) is 1.86. The van der Waals surface area contributed by atoms with Gasteiger partial charge in [-0.2, -0.15) is 0 Å². The van der Waals surface area contributed by atoms with Crippen LogP contribution < -0.4 is 16.0 Å². The van der Waals surface area contributed by atoms with Crippen molar-refractivity contribution < 1.29 is 14.8 Å². The number of nitrogens with zero attached hydrogens (tertiary/aromatic N) is 1. The van der Waals surface area contributed by atoms with Crippen molar-refractivity contribution in [1.29, 1.82) is 0 Å². The first-order valence-electron chi connectivity index (χ1n) is 9.33. The summed E-state index contributed by atoms with van der Waals surface area (Å²) in [4.78, 5) is 24.3. The summed E-state index contributed by atoms with van der Waals surface area (Å²) in [5.74, 6) is -0.253. The third kappa shape index (κ3) is 5.56. The van der Waals surface area contributed by atoms with Gasteiger partial charge in [0.25, 0.3) is 5.69 Å². The second-order valence-corrected chi connectivity index (χ2v) is 7.40. The molecule has 4 N–H and O–H groups in total. The first-order valence-corrected chi connectivity index (χ1v) is 10.2. The SMILES string of the molecule is O=C(CNc1cc([N+](=O)[O-])ccc1NCCO)NC(c1ccccc1)c1cccs1. The number of nitro groups is 1. The number of carbonyl (C=O) groups excluding carboxylic acids is 1. The number of nitro benzene ring substituents is 1. The van der Waals surface area contributed by atoms with Gasteiger partial charge in [-0.3, -0.25) is 14.9 Å². The molecular weight excluding hydrogens is 404 g/mol. The van der Waals surface area contributed by atoms with Crippen LogP contribution in [0.4, 0.5) is 17.1 Å². The second-order valence-electron chi connectivity index (χ2n) is 6.42. The van der Waals surface area contributed by atoms with Crippen molar-refractivity contribution in [2.75, 3.05) is 30.3 Å². The topological polar surface area (TPSA) is 117 Å². The number of aliphatic hydroxyl groups is 1. The van der Waals surface area contributed by atoms with Crippen LogP contribution in [-0.2, 0) is 4.79 Å². The highest BCUT2D eigenvalue weighted by Crippen LogP contribution is 2.28. The van der Waals surface area contributed by atoms with Gasteiger partial charge in [0.1, 0.15) is 0 Å². The molecule has 1 atom stereocenters. The molecule has 8 nitrogen and oxygen atoms in total. The minimum absolute atomic E-state index is 0.0658. The largest absolute Gasteiger partial charge is 0.395 e. The summed E-state index contributed by atoms with van der Waals surface area (Å²) >= 11 is 1.56. The van der Waals surface area contributed by atoms with E-state index in [0.29, 0.717) is 11.4 Å². The zero-order valence-electron chi connectivity index (χ0n) is 16.1. The van der Waals surface area contributed by atoms with Gasteiger partial charge < -0.3 is 21.1 Å². The van der Waals surface area contributed by atoms with Crippen molar-refractivity contribution in [3.63, 3.8) is 0 Å². The number of hydrogen-bond acceptors (Lipinski definition) is 7. The average molecular weight is 426 g/mol. The van der Waals surface area contributed by atoms with E-state index >= 15 is 0 Å². The predicted octanol–water partition coefficient (Wildman–Crippen LogP) is 3.38. The fraction of sp³-hybridized carbons (Fsp3) is 0.190. The minimum atomic E-state index is -0.497. The zero-order valence-corrected chi connectivity index (χ0v) is 16.9. The number of non-ortho nitro benzene ring substituents is 1. The summed E-state index contributed by atoms with van der Waals surface area (Å²) in [7, 11) is 0. The van der Waals surface area contributed by atoms with E-state index in [4.69, 9.17) is 5.11 Å². The molecule has 0 aliphatic carbocycles. The lowest BCUT2D eigenvalue weighted by Gasteiger charge is -2.19. The number of nitrogens with one attached hydrogen (secondary N) is 3. The van der Waals surface area contributed by atoms with E-state index in [9.17, 15) is 14.9 Å². The van der Waals surface area contributed by atoms with Crippen molar-refractivity contribution >= 4 is 34.3 Å². The van der Waals surface area contributed by atoms with Crippen LogP contribution in [-0.4, -0.2) is 35.6 Å². The lowest BCUT2D eigenvalue weighted by atomic mass is 10.1. The summed E-state index contributed by atoms with van der Waals surface area (Å²) in [6, 6.07) is 17.6. The third-order valence-corrected chi connectivity index (χ3v) is 5.28. The number of benzene rings is 2. The Kier molecular flexibility index (Phi) is 7.36. The highest BCUT2D eigenvalue weighted by Gasteiger charge is 2.18. The molecule has 1 amide bonds. The molecule has 2 aromatic carbocycles. The molecule has 0 saturated carbocycles. The molecule has 0 bridgehead atoms. The maximum absolute atomic E-state index is 12.7. The van der Waals surface area contributed by atoms with E-state index in [-0.39, 0.29) is 37.3 Å². The van der Waals surface area contributed by atoms with E-state index in [1.807, 2.05) is 47.8 Å². The standard InChI is InChI=1S/C21H22N4O4S/c26-11-10-22-17-9-8-16(25(28)29)13-18(17)23-14-20(27)24-21(19-7-4-12-30-19)15-5-2-1-3-6-15/h1-9,12-13,21-23,26H,10-11,14H2,(H,24,27). The lowest BCUT2D eigenvalue weighted by molar-refractivity contribution is -0.384. The van der Waals surface area contributed by atoms with Crippen molar-refractivity contribution in [2.45, 2.75) is 6.04 Å². The van der Waals surface area contributed by atoms with E-state index in [2.05, 4.69) is 16.0 Å². The zero-order chi connectivity index (χ0) is 21.3. The Morgan fingerprint density at radius 3 is 2.53 bits per heavy atom. The van der Waals surface area contributed by atoms with Crippen LogP contribution in [0.1, 0.15) is 16.5 Å². The third-order valence-electron chi connectivity index (χ3n) is 4.35. The first kappa shape index (κ1) is 21.3. The first-order chi connectivity index (χ1) is 14.6. The molecule has 1 heterocycles. The van der Waals surface area contributed by atoms with E-state index in [1.54, 1.807) is 17.4 Å². The molecule has 30 heavy (non-hydrogen) atoms. The van der Waals surface area contributed by atoms with E-state index in [0.717, 1.165) is 10.4 Å². The molecule has 3 rings (SSSR count). The van der Waals surface area contributed by atoms with Crippen LogP contribution in [0.5, 0.6) is 0 Å². The van der Waals surface area contributed by atoms with Crippen LogP contribution in [0.3, 0.4) is 0 Å². The number of amides is 1. The molecule has 3 aromatic rings. The van der Waals surface area contributed by atoms with E-state index < -0.39 is 4.92 Å². The summed E-state index contributed by atoms with van der Waals surface area (Å²) in [6.07, 6.45) is 0. The molecule has 1 unspecified atom stereocenters. The molecule has 9 heteroatoms. The Labute approximate surface area is 177 Å². The Balaban J connectivity index is 1.72. The van der Waals surface area contributed by atoms with Gasteiger partial charge in [0.05, 0.1) is 35.5 Å². The average Bonchev–Trinajstić information content (AvgIpc) is 3.30. The van der Waals surface area contributed by atoms with Crippen LogP contribution in [0.15, 0.2) is 66.0 Å². The van der Waals surface area contributed by atoms with Gasteiger partial charge >= 0.3 is 0 Å². The minimum Gasteiger partial charge on any atom is -0.395 e. The van der Waals surface area contributed by atoms with Crippen LogP contribution in [0.25, 0.3) is 0 Å². The second kappa shape index (κ2) is 10.4. The molecule has 0 aliphatic rings. The molecule has 0 aliphatic heterocycles. The van der Waals surface area contributed by atoms with Crippen LogP contribution in [0, 0.1) is 10.1 Å². The van der Waals surface area contributed by atoms with Gasteiger partial charge in [0.15, 0.2) is 0 Å². The van der Waals surface area contributed by atoms with E-state index in [1.165, 1.54) is 12.1 Å². The normalized spacial score (nSPS) is 11.5. The summed E-state index contributed by atoms with van der Waals surface area (Å²) < 4.78 is 0. The molecule has 0 saturated heterocycles. The smallest absolute Gasteiger partial charge is 0.271 e. The maximum Gasteiger partial charge on any atom is 0.271 e. The fourth-order valence-corrected chi connectivity index (χ4v) is 3.75. The van der Waals surface area contributed by atoms with Crippen LogP contribution >= 0.6 is 11.3 Å². The number of aliphatic hydroxyl groups excluding tert-OH is 1. The molecule has 156 valence electrons. The molecule has 0 radical (unpaired) electrons. The van der Waals surface area contributed by atoms with Gasteiger partial charge in [0, 0.05) is 23.6 Å². The number of anilines is 2. The maximum atomic E-state index is 12.7. The number of hydrogen-bond donors (Lipinski definition) is 4. The van der Waals surface area contributed by atoms with Crippen molar-refractivity contribution in [1.82, 2.24) is 5.32 Å². The van der Waals surface area contributed by atoms with Crippen molar-refractivity contribution in [2.24, 2.45) is 0 Å². The molecular formula is C21H22N4O4S. The fourth-order valence-electron chi connectivity index (χ4n) is 2.94. The van der Waals surface area contributed by atoms with Gasteiger partial charge in [-0.15, -0.1) is 11.3 Å². The van der Waals surface area contributed by atoms with Crippen molar-refractivity contribution in [3.05, 3.63) is 86.6 Å². The summed E-state index contributed by atoms with van der Waals surface area (Å²) in [6.45, 7) is 0.132. The number of thiophene rings is 1. The predicted molar refractivity (Wildman–Crippen MR) is 118 cm³/mol. The molecule has 0 fully saturated rings. The van der Waals surface area contributed by atoms with Gasteiger partial charge in [-0.05, 0) is 23.1 Å². The Hall–Kier alpha value is -3.43. The molecule has 1 aromatic heterocycles. The summed E-state index contributed by atoms with van der Waals surface area (Å²) in [5, 5.41) is 31.0. The Morgan fingerprint density at radius 2 is 1.87 bits per heavy atom. The number of carbonyl (C=O) groups is 1. The highest BCUT2D eigenvalue weighted by molar-refractivity contribution is 7.10. The number of rotatable bonds is 10. The monoisotopic (exact) mass is 426 g/mol. The lowest BCUT2D eigenvalue weighted by Crippen LogP contribution is -2.33. The van der Waals surface area contributed by atoms with Crippen LogP contribution in [0.2, 0.25) is 0 Å². The van der Waals surface area contributed by atoms with Crippen molar-refractivity contribution in [3.8, 4) is 0 Å². The Morgan fingerprint density at radius 1 is 1.07 bits per heavy atom. The van der Waals surface area contributed by atoms with Gasteiger partial charge in [0.2, 0.25) is 5.91 Å². The quantitative estimate of drug-likeness (QED) is 0.292. The Bertz CT molecular complexity index is 980.